The Morgan fingerprint density at radius 2 is 2.25 bits per heavy atom. The fraction of sp³-hybridized carbons (Fsp3) is 0.273. The van der Waals surface area contributed by atoms with E-state index >= 15 is 0 Å². The Morgan fingerprint density at radius 3 is 2.88 bits per heavy atom. The van der Waals surface area contributed by atoms with Crippen LogP contribution in [0.5, 0.6) is 0 Å². The minimum atomic E-state index is -0.978. The number of nitrogens with zero attached hydrogens (tertiary/aromatic N) is 2. The van der Waals surface area contributed by atoms with Gasteiger partial charge in [0.2, 0.25) is 0 Å². The largest absolute Gasteiger partial charge is 0.478 e. The van der Waals surface area contributed by atoms with Crippen LogP contribution < -0.4 is 4.90 Å². The summed E-state index contributed by atoms with van der Waals surface area (Å²) in [5.74, 6) is -0.530. The molecule has 0 spiro atoms. The number of carbonyl (C=O) groups is 1. The molecule has 84 valence electrons. The van der Waals surface area contributed by atoms with Gasteiger partial charge in [-0.2, -0.15) is 0 Å². The van der Waals surface area contributed by atoms with Crippen molar-refractivity contribution in [3.8, 4) is 0 Å². The molecule has 5 heteroatoms. The molecule has 0 atom stereocenters. The van der Waals surface area contributed by atoms with Crippen LogP contribution in [-0.4, -0.2) is 29.1 Å². The molecule has 0 fully saturated rings. The molecule has 16 heavy (non-hydrogen) atoms. The Hall–Kier alpha value is -1.55. The van der Waals surface area contributed by atoms with Crippen molar-refractivity contribution in [1.29, 1.82) is 0 Å². The maximum absolute atomic E-state index is 11.0. The summed E-state index contributed by atoms with van der Waals surface area (Å²) in [7, 11) is 0. The highest BCUT2D eigenvalue weighted by Crippen LogP contribution is 2.22. The molecule has 1 aliphatic rings. The van der Waals surface area contributed by atoms with Crippen LogP contribution in [0.15, 0.2) is 24.3 Å². The van der Waals surface area contributed by atoms with Crippen molar-refractivity contribution in [3.63, 3.8) is 0 Å². The van der Waals surface area contributed by atoms with Gasteiger partial charge in [0.05, 0.1) is 0 Å². The lowest BCUT2D eigenvalue weighted by Gasteiger charge is -2.25. The third-order valence-electron chi connectivity index (χ3n) is 2.43. The smallest absolute Gasteiger partial charge is 0.339 e. The summed E-state index contributed by atoms with van der Waals surface area (Å²) in [6.45, 7) is 1.44. The van der Waals surface area contributed by atoms with Gasteiger partial charge in [-0.1, -0.05) is 23.8 Å². The minimum absolute atomic E-state index is 0.194. The van der Waals surface area contributed by atoms with Crippen molar-refractivity contribution in [2.45, 2.75) is 6.42 Å². The molecule has 1 aromatic heterocycles. The number of carboxylic acids is 1. The number of rotatable bonds is 2. The maximum Gasteiger partial charge on any atom is 0.339 e. The van der Waals surface area contributed by atoms with Crippen LogP contribution in [0.2, 0.25) is 5.15 Å². The molecule has 0 aliphatic carbocycles. The molecule has 0 saturated carbocycles. The van der Waals surface area contributed by atoms with E-state index in [-0.39, 0.29) is 5.56 Å². The van der Waals surface area contributed by atoms with E-state index in [4.69, 9.17) is 16.7 Å². The fourth-order valence-corrected chi connectivity index (χ4v) is 1.81. The van der Waals surface area contributed by atoms with Crippen LogP contribution in [0.3, 0.4) is 0 Å². The van der Waals surface area contributed by atoms with E-state index in [1.807, 2.05) is 11.0 Å². The predicted molar refractivity (Wildman–Crippen MR) is 62.2 cm³/mol. The Kier molecular flexibility index (Phi) is 3.10. The summed E-state index contributed by atoms with van der Waals surface area (Å²) < 4.78 is 0. The van der Waals surface area contributed by atoms with E-state index in [0.717, 1.165) is 13.0 Å². The zero-order chi connectivity index (χ0) is 11.5. The molecular formula is C11H11ClN2O2. The van der Waals surface area contributed by atoms with Gasteiger partial charge in [0, 0.05) is 13.1 Å². The normalized spacial score (nSPS) is 15.2. The quantitative estimate of drug-likeness (QED) is 0.634. The second kappa shape index (κ2) is 4.53. The number of halogens is 1. The molecule has 1 aromatic rings. The van der Waals surface area contributed by atoms with Gasteiger partial charge in [0.15, 0.2) is 0 Å². The Labute approximate surface area is 98.2 Å². The van der Waals surface area contributed by atoms with E-state index in [1.165, 1.54) is 12.1 Å². The number of aromatic nitrogens is 1. The Morgan fingerprint density at radius 1 is 1.44 bits per heavy atom. The summed E-state index contributed by atoms with van der Waals surface area (Å²) in [6, 6.07) is 2.99. The number of hydrogen-bond donors (Lipinski definition) is 1. The van der Waals surface area contributed by atoms with Crippen molar-refractivity contribution in [1.82, 2.24) is 4.98 Å². The molecule has 4 nitrogen and oxygen atoms in total. The summed E-state index contributed by atoms with van der Waals surface area (Å²) in [5, 5.41) is 9.37. The first-order chi connectivity index (χ1) is 7.68. The van der Waals surface area contributed by atoms with Gasteiger partial charge in [-0.3, -0.25) is 0 Å². The molecule has 0 amide bonds. The molecule has 2 heterocycles. The number of carboxylic acid groups (broad SMARTS) is 1. The topological polar surface area (TPSA) is 53.4 Å². The molecular weight excluding hydrogens is 228 g/mol. The van der Waals surface area contributed by atoms with E-state index in [2.05, 4.69) is 11.1 Å². The molecule has 1 N–H and O–H groups in total. The standard InChI is InChI=1S/C11H11ClN2O2/c12-9-5-4-8(11(15)16)10(13-9)14-6-2-1-3-7-14/h1-2,4-5H,3,6-7H2,(H,15,16). The Balaban J connectivity index is 2.40. The first kappa shape index (κ1) is 11.0. The van der Waals surface area contributed by atoms with Crippen LogP contribution in [0, 0.1) is 0 Å². The van der Waals surface area contributed by atoms with Crippen LogP contribution >= 0.6 is 11.6 Å². The zero-order valence-corrected chi connectivity index (χ0v) is 9.31. The van der Waals surface area contributed by atoms with E-state index in [0.29, 0.717) is 17.5 Å². The molecule has 0 aromatic carbocycles. The number of hydrogen-bond acceptors (Lipinski definition) is 3. The molecule has 0 bridgehead atoms. The average Bonchev–Trinajstić information content (AvgIpc) is 2.29. The van der Waals surface area contributed by atoms with Crippen LogP contribution in [0.1, 0.15) is 16.8 Å². The van der Waals surface area contributed by atoms with Crippen LogP contribution in [0.25, 0.3) is 0 Å². The molecule has 0 saturated heterocycles. The van der Waals surface area contributed by atoms with Gasteiger partial charge >= 0.3 is 5.97 Å². The predicted octanol–water partition coefficient (Wildman–Crippen LogP) is 2.20. The first-order valence-corrected chi connectivity index (χ1v) is 5.36. The highest BCUT2D eigenvalue weighted by molar-refractivity contribution is 6.29. The van der Waals surface area contributed by atoms with Gasteiger partial charge in [0.1, 0.15) is 16.5 Å². The number of aromatic carboxylic acids is 1. The summed E-state index contributed by atoms with van der Waals surface area (Å²) in [5.41, 5.74) is 0.194. The number of pyridine rings is 1. The van der Waals surface area contributed by atoms with Gasteiger partial charge in [-0.25, -0.2) is 9.78 Å². The maximum atomic E-state index is 11.0. The highest BCUT2D eigenvalue weighted by atomic mass is 35.5. The van der Waals surface area contributed by atoms with Crippen molar-refractivity contribution >= 4 is 23.4 Å². The lowest BCUT2D eigenvalue weighted by molar-refractivity contribution is 0.0697. The monoisotopic (exact) mass is 238 g/mol. The highest BCUT2D eigenvalue weighted by Gasteiger charge is 2.18. The van der Waals surface area contributed by atoms with Gasteiger partial charge in [0.25, 0.3) is 0 Å². The lowest BCUT2D eigenvalue weighted by Crippen LogP contribution is -2.29. The van der Waals surface area contributed by atoms with Crippen LogP contribution in [-0.2, 0) is 0 Å². The first-order valence-electron chi connectivity index (χ1n) is 4.98. The SMILES string of the molecule is O=C(O)c1ccc(Cl)nc1N1CC=CCC1. The van der Waals surface area contributed by atoms with Crippen LogP contribution in [0.4, 0.5) is 5.82 Å². The minimum Gasteiger partial charge on any atom is -0.478 e. The van der Waals surface area contributed by atoms with Gasteiger partial charge in [-0.15, -0.1) is 0 Å². The van der Waals surface area contributed by atoms with Gasteiger partial charge < -0.3 is 10.0 Å². The average molecular weight is 239 g/mol. The van der Waals surface area contributed by atoms with Gasteiger partial charge in [-0.05, 0) is 18.6 Å². The second-order valence-electron chi connectivity index (χ2n) is 3.52. The molecule has 0 radical (unpaired) electrons. The number of anilines is 1. The third-order valence-corrected chi connectivity index (χ3v) is 2.64. The second-order valence-corrected chi connectivity index (χ2v) is 3.90. The lowest BCUT2D eigenvalue weighted by atomic mass is 10.2. The summed E-state index contributed by atoms with van der Waals surface area (Å²) >= 11 is 5.79. The Bertz CT molecular complexity index is 446. The van der Waals surface area contributed by atoms with E-state index < -0.39 is 5.97 Å². The molecule has 0 unspecified atom stereocenters. The van der Waals surface area contributed by atoms with Crippen molar-refractivity contribution in [2.75, 3.05) is 18.0 Å². The van der Waals surface area contributed by atoms with E-state index in [1.54, 1.807) is 0 Å². The van der Waals surface area contributed by atoms with Crippen molar-refractivity contribution in [3.05, 3.63) is 35.0 Å². The summed E-state index contributed by atoms with van der Waals surface area (Å²) in [6.07, 6.45) is 4.96. The van der Waals surface area contributed by atoms with E-state index in [9.17, 15) is 4.79 Å². The molecule has 1 aliphatic heterocycles. The van der Waals surface area contributed by atoms with Crippen molar-refractivity contribution < 1.29 is 9.90 Å². The van der Waals surface area contributed by atoms with Crippen molar-refractivity contribution in [2.24, 2.45) is 0 Å². The third kappa shape index (κ3) is 2.17. The fourth-order valence-electron chi connectivity index (χ4n) is 1.67. The summed E-state index contributed by atoms with van der Waals surface area (Å²) in [4.78, 5) is 17.1. The zero-order valence-electron chi connectivity index (χ0n) is 8.56. The molecule has 2 rings (SSSR count).